The standard InChI is InChI=1S/C20H37N3O/c1-2-18(16-22-12-14-24-15-13-22)17-23(11-1)19-3-5-20(6-4-19)7-9-21-10-8-20/h18-19,21H,1-17H2. The lowest BCUT2D eigenvalue weighted by Gasteiger charge is -2.47. The molecule has 24 heavy (non-hydrogen) atoms. The number of likely N-dealkylation sites (tertiary alicyclic amines) is 1. The molecule has 1 saturated carbocycles. The molecule has 3 aliphatic heterocycles. The fourth-order valence-corrected chi connectivity index (χ4v) is 5.76. The Kier molecular flexibility index (Phi) is 5.77. The molecule has 0 radical (unpaired) electrons. The SMILES string of the molecule is C1CC(CN2CCOCC2)CN(C2CCC3(CCNCC3)CC2)C1. The fourth-order valence-electron chi connectivity index (χ4n) is 5.76. The van der Waals surface area contributed by atoms with E-state index in [0.29, 0.717) is 5.41 Å². The van der Waals surface area contributed by atoms with E-state index in [1.807, 2.05) is 0 Å². The van der Waals surface area contributed by atoms with Gasteiger partial charge >= 0.3 is 0 Å². The van der Waals surface area contributed by atoms with E-state index in [-0.39, 0.29) is 0 Å². The molecule has 1 unspecified atom stereocenters. The molecule has 3 saturated heterocycles. The van der Waals surface area contributed by atoms with Gasteiger partial charge in [-0.25, -0.2) is 0 Å². The van der Waals surface area contributed by atoms with Crippen LogP contribution in [0.2, 0.25) is 0 Å². The number of hydrogen-bond acceptors (Lipinski definition) is 4. The molecule has 0 aromatic rings. The molecule has 3 heterocycles. The third kappa shape index (κ3) is 4.14. The fraction of sp³-hybridized carbons (Fsp3) is 1.00. The van der Waals surface area contributed by atoms with Crippen molar-refractivity contribution in [2.24, 2.45) is 11.3 Å². The summed E-state index contributed by atoms with van der Waals surface area (Å²) in [5.41, 5.74) is 0.713. The van der Waals surface area contributed by atoms with E-state index in [1.54, 1.807) is 0 Å². The van der Waals surface area contributed by atoms with Crippen molar-refractivity contribution in [2.75, 3.05) is 59.0 Å². The lowest BCUT2D eigenvalue weighted by Crippen LogP contribution is -2.49. The maximum Gasteiger partial charge on any atom is 0.0594 e. The lowest BCUT2D eigenvalue weighted by molar-refractivity contribution is 0.0101. The monoisotopic (exact) mass is 335 g/mol. The van der Waals surface area contributed by atoms with Gasteiger partial charge in [-0.1, -0.05) is 0 Å². The number of nitrogens with one attached hydrogen (secondary N) is 1. The highest BCUT2D eigenvalue weighted by molar-refractivity contribution is 4.93. The Morgan fingerprint density at radius 3 is 2.42 bits per heavy atom. The molecule has 0 amide bonds. The first-order valence-electron chi connectivity index (χ1n) is 10.6. The molecular formula is C20H37N3O. The summed E-state index contributed by atoms with van der Waals surface area (Å²) in [6.07, 6.45) is 11.6. The molecule has 0 aromatic carbocycles. The zero-order valence-corrected chi connectivity index (χ0v) is 15.5. The predicted octanol–water partition coefficient (Wildman–Crippen LogP) is 2.34. The van der Waals surface area contributed by atoms with E-state index in [9.17, 15) is 0 Å². The molecule has 4 nitrogen and oxygen atoms in total. The summed E-state index contributed by atoms with van der Waals surface area (Å²) >= 11 is 0. The summed E-state index contributed by atoms with van der Waals surface area (Å²) in [6.45, 7) is 10.7. The molecule has 4 heteroatoms. The Hall–Kier alpha value is -0.160. The average Bonchev–Trinajstić information content (AvgIpc) is 2.64. The second-order valence-electron chi connectivity index (χ2n) is 8.90. The third-order valence-electron chi connectivity index (χ3n) is 7.37. The van der Waals surface area contributed by atoms with E-state index >= 15 is 0 Å². The van der Waals surface area contributed by atoms with Gasteiger partial charge in [-0.05, 0) is 82.3 Å². The number of hydrogen-bond donors (Lipinski definition) is 1. The van der Waals surface area contributed by atoms with Crippen LogP contribution in [0.3, 0.4) is 0 Å². The average molecular weight is 336 g/mol. The quantitative estimate of drug-likeness (QED) is 0.857. The normalized spacial score (nSPS) is 33.8. The maximum absolute atomic E-state index is 5.50. The first-order valence-corrected chi connectivity index (χ1v) is 10.6. The summed E-state index contributed by atoms with van der Waals surface area (Å²) in [5, 5.41) is 3.55. The Morgan fingerprint density at radius 1 is 0.917 bits per heavy atom. The van der Waals surface area contributed by atoms with Gasteiger partial charge < -0.3 is 15.0 Å². The van der Waals surface area contributed by atoms with Gasteiger partial charge in [0.25, 0.3) is 0 Å². The van der Waals surface area contributed by atoms with Gasteiger partial charge in [0.2, 0.25) is 0 Å². The highest BCUT2D eigenvalue weighted by atomic mass is 16.5. The van der Waals surface area contributed by atoms with Crippen molar-refractivity contribution >= 4 is 0 Å². The van der Waals surface area contributed by atoms with Crippen molar-refractivity contribution in [1.82, 2.24) is 15.1 Å². The van der Waals surface area contributed by atoms with Crippen LogP contribution in [0, 0.1) is 11.3 Å². The van der Waals surface area contributed by atoms with Crippen LogP contribution < -0.4 is 5.32 Å². The Morgan fingerprint density at radius 2 is 1.67 bits per heavy atom. The molecule has 1 spiro atoms. The van der Waals surface area contributed by atoms with Crippen LogP contribution in [-0.4, -0.2) is 74.9 Å². The Bertz CT molecular complexity index is 380. The van der Waals surface area contributed by atoms with E-state index in [1.165, 1.54) is 84.1 Å². The van der Waals surface area contributed by atoms with E-state index in [4.69, 9.17) is 4.74 Å². The topological polar surface area (TPSA) is 27.7 Å². The van der Waals surface area contributed by atoms with Gasteiger partial charge in [0.05, 0.1) is 13.2 Å². The molecular weight excluding hydrogens is 298 g/mol. The van der Waals surface area contributed by atoms with E-state index in [0.717, 1.165) is 38.3 Å². The minimum Gasteiger partial charge on any atom is -0.379 e. The smallest absolute Gasteiger partial charge is 0.0594 e. The molecule has 1 aliphatic carbocycles. The van der Waals surface area contributed by atoms with E-state index in [2.05, 4.69) is 15.1 Å². The van der Waals surface area contributed by atoms with Crippen LogP contribution in [0.4, 0.5) is 0 Å². The molecule has 4 fully saturated rings. The molecule has 1 N–H and O–H groups in total. The van der Waals surface area contributed by atoms with Gasteiger partial charge in [0.15, 0.2) is 0 Å². The number of piperidine rings is 2. The Labute approximate surface area is 148 Å². The highest BCUT2D eigenvalue weighted by Gasteiger charge is 2.38. The van der Waals surface area contributed by atoms with Gasteiger partial charge in [0.1, 0.15) is 0 Å². The van der Waals surface area contributed by atoms with Crippen LogP contribution in [-0.2, 0) is 4.74 Å². The van der Waals surface area contributed by atoms with Gasteiger partial charge in [-0.3, -0.25) is 4.90 Å². The van der Waals surface area contributed by atoms with Crippen molar-refractivity contribution in [3.05, 3.63) is 0 Å². The first kappa shape index (κ1) is 17.3. The second-order valence-corrected chi connectivity index (χ2v) is 8.90. The minimum absolute atomic E-state index is 0.713. The first-order chi connectivity index (χ1) is 11.8. The van der Waals surface area contributed by atoms with Gasteiger partial charge in [0, 0.05) is 32.2 Å². The number of ether oxygens (including phenoxy) is 1. The zero-order chi connectivity index (χ0) is 16.2. The van der Waals surface area contributed by atoms with Crippen LogP contribution >= 0.6 is 0 Å². The zero-order valence-electron chi connectivity index (χ0n) is 15.5. The predicted molar refractivity (Wildman–Crippen MR) is 98.3 cm³/mol. The summed E-state index contributed by atoms with van der Waals surface area (Å²) in [7, 11) is 0. The number of morpholine rings is 1. The summed E-state index contributed by atoms with van der Waals surface area (Å²) in [5.74, 6) is 0.895. The molecule has 0 bridgehead atoms. The summed E-state index contributed by atoms with van der Waals surface area (Å²) in [6, 6.07) is 0.887. The van der Waals surface area contributed by atoms with Crippen molar-refractivity contribution in [3.8, 4) is 0 Å². The molecule has 4 aliphatic rings. The molecule has 4 rings (SSSR count). The largest absolute Gasteiger partial charge is 0.379 e. The van der Waals surface area contributed by atoms with Crippen molar-refractivity contribution in [3.63, 3.8) is 0 Å². The summed E-state index contributed by atoms with van der Waals surface area (Å²) in [4.78, 5) is 5.52. The van der Waals surface area contributed by atoms with Crippen LogP contribution in [0.15, 0.2) is 0 Å². The number of nitrogens with zero attached hydrogens (tertiary/aromatic N) is 2. The lowest BCUT2D eigenvalue weighted by atomic mass is 9.67. The van der Waals surface area contributed by atoms with E-state index < -0.39 is 0 Å². The summed E-state index contributed by atoms with van der Waals surface area (Å²) < 4.78 is 5.50. The van der Waals surface area contributed by atoms with Gasteiger partial charge in [-0.15, -0.1) is 0 Å². The van der Waals surface area contributed by atoms with Gasteiger partial charge in [-0.2, -0.15) is 0 Å². The molecule has 0 aromatic heterocycles. The van der Waals surface area contributed by atoms with Crippen molar-refractivity contribution < 1.29 is 4.74 Å². The third-order valence-corrected chi connectivity index (χ3v) is 7.37. The van der Waals surface area contributed by atoms with Crippen molar-refractivity contribution in [1.29, 1.82) is 0 Å². The van der Waals surface area contributed by atoms with Crippen LogP contribution in [0.1, 0.15) is 51.4 Å². The number of rotatable bonds is 3. The van der Waals surface area contributed by atoms with Crippen LogP contribution in [0.5, 0.6) is 0 Å². The Balaban J connectivity index is 1.25. The molecule has 138 valence electrons. The highest BCUT2D eigenvalue weighted by Crippen LogP contribution is 2.44. The maximum atomic E-state index is 5.50. The molecule has 1 atom stereocenters. The second kappa shape index (κ2) is 8.03. The van der Waals surface area contributed by atoms with Crippen LogP contribution in [0.25, 0.3) is 0 Å². The van der Waals surface area contributed by atoms with Crippen molar-refractivity contribution in [2.45, 2.75) is 57.4 Å². The minimum atomic E-state index is 0.713.